The third-order valence-corrected chi connectivity index (χ3v) is 18.0. The van der Waals surface area contributed by atoms with E-state index in [9.17, 15) is 0 Å². The van der Waals surface area contributed by atoms with Crippen LogP contribution in [0.4, 0.5) is 0 Å². The third-order valence-electron chi connectivity index (χ3n) is 18.0. The summed E-state index contributed by atoms with van der Waals surface area (Å²) in [7, 11) is 0. The summed E-state index contributed by atoms with van der Waals surface area (Å²) in [5.41, 5.74) is 18.9. The number of hydrogen-bond acceptors (Lipinski definition) is 0. The van der Waals surface area contributed by atoms with E-state index in [-0.39, 0.29) is 6.71 Å². The second kappa shape index (κ2) is 17.4. The molecule has 3 aromatic heterocycles. The molecule has 0 aliphatic carbocycles. The fourth-order valence-corrected chi connectivity index (χ4v) is 14.7. The maximum Gasteiger partial charge on any atom is 0.252 e. The molecule has 13 aromatic carbocycles. The molecule has 0 radical (unpaired) electrons. The van der Waals surface area contributed by atoms with Crippen molar-refractivity contribution in [2.24, 2.45) is 0 Å². The molecule has 0 unspecified atom stereocenters. The molecule has 82 heavy (non-hydrogen) atoms. The van der Waals surface area contributed by atoms with Gasteiger partial charge in [-0.1, -0.05) is 243 Å². The molecule has 0 N–H and O–H groups in total. The van der Waals surface area contributed by atoms with E-state index < -0.39 is 0 Å². The van der Waals surface area contributed by atoms with Gasteiger partial charge in [-0.2, -0.15) is 0 Å². The maximum absolute atomic E-state index is 2.68. The first-order valence-electron chi connectivity index (χ1n) is 28.5. The lowest BCUT2D eigenvalue weighted by atomic mass is 9.34. The second-order valence-corrected chi connectivity index (χ2v) is 22.2. The van der Waals surface area contributed by atoms with Crippen LogP contribution in [0, 0.1) is 0 Å². The number of rotatable bonds is 3. The second-order valence-electron chi connectivity index (χ2n) is 22.2. The molecule has 2 aliphatic heterocycles. The highest BCUT2D eigenvalue weighted by atomic mass is 15.1. The molecule has 0 amide bonds. The topological polar surface area (TPSA) is 14.8 Å². The first kappa shape index (κ1) is 45.2. The number of nitrogens with zero attached hydrogens (tertiary/aromatic N) is 3. The molecule has 0 bridgehead atoms. The van der Waals surface area contributed by atoms with Crippen molar-refractivity contribution in [1.29, 1.82) is 0 Å². The van der Waals surface area contributed by atoms with E-state index in [1.807, 2.05) is 0 Å². The SMILES string of the molecule is c1ccc(-c2cc3c4c(c2)c2ccccc2c2ccccc2c2ccccc2n4-c2cc(-n4c5ccccc5c5ccccc54)cc4c2B3c2cc(-c3ccccc3)cc3c5ccccc5c5ccccc5c5ccccc5n-4c23)cc1. The van der Waals surface area contributed by atoms with Crippen molar-refractivity contribution >= 4 is 132 Å². The lowest BCUT2D eigenvalue weighted by Gasteiger charge is -2.37. The molecule has 0 saturated carbocycles. The highest BCUT2D eigenvalue weighted by molar-refractivity contribution is 7.00. The Morgan fingerprint density at radius 2 is 0.476 bits per heavy atom. The van der Waals surface area contributed by atoms with Crippen LogP contribution in [0.3, 0.4) is 0 Å². The van der Waals surface area contributed by atoms with Gasteiger partial charge in [-0.05, 0) is 130 Å². The Balaban J connectivity index is 1.18. The smallest absolute Gasteiger partial charge is 0.252 e. The van der Waals surface area contributed by atoms with E-state index in [1.54, 1.807) is 0 Å². The normalized spacial score (nSPS) is 12.4. The zero-order valence-electron chi connectivity index (χ0n) is 44.6. The molecule has 18 rings (SSSR count). The predicted molar refractivity (Wildman–Crippen MR) is 350 cm³/mol. The molecular weight excluding hydrogens is 990 g/mol. The first-order chi connectivity index (χ1) is 40.7. The van der Waals surface area contributed by atoms with Crippen molar-refractivity contribution in [2.75, 3.05) is 0 Å². The van der Waals surface area contributed by atoms with Crippen molar-refractivity contribution in [3.05, 3.63) is 291 Å². The van der Waals surface area contributed by atoms with Crippen LogP contribution < -0.4 is 16.4 Å². The third kappa shape index (κ3) is 6.37. The van der Waals surface area contributed by atoms with Crippen molar-refractivity contribution in [1.82, 2.24) is 13.7 Å². The lowest BCUT2D eigenvalue weighted by Crippen LogP contribution is -2.60. The fourth-order valence-electron chi connectivity index (χ4n) is 14.7. The Morgan fingerprint density at radius 3 is 0.829 bits per heavy atom. The summed E-state index contributed by atoms with van der Waals surface area (Å²) >= 11 is 0. The monoisotopic (exact) mass is 1040 g/mol. The Hall–Kier alpha value is -10.7. The Morgan fingerprint density at radius 1 is 0.207 bits per heavy atom. The van der Waals surface area contributed by atoms with Gasteiger partial charge in [0.15, 0.2) is 0 Å². The van der Waals surface area contributed by atoms with Gasteiger partial charge in [-0.25, -0.2) is 0 Å². The van der Waals surface area contributed by atoms with Crippen LogP contribution in [0.1, 0.15) is 0 Å². The van der Waals surface area contributed by atoms with E-state index in [1.165, 1.54) is 136 Å². The average molecular weight is 1040 g/mol. The minimum Gasteiger partial charge on any atom is -0.310 e. The zero-order valence-corrected chi connectivity index (χ0v) is 44.6. The van der Waals surface area contributed by atoms with Gasteiger partial charge >= 0.3 is 0 Å². The van der Waals surface area contributed by atoms with E-state index in [0.29, 0.717) is 0 Å². The molecule has 4 heteroatoms. The summed E-state index contributed by atoms with van der Waals surface area (Å²) < 4.78 is 7.89. The van der Waals surface area contributed by atoms with Crippen LogP contribution in [0.15, 0.2) is 291 Å². The zero-order chi connectivity index (χ0) is 53.6. The number of benzene rings is 13. The Labute approximate surface area is 473 Å². The minimum atomic E-state index is -0.232. The molecule has 378 valence electrons. The number of para-hydroxylation sites is 4. The van der Waals surface area contributed by atoms with E-state index in [2.05, 4.69) is 305 Å². The fraction of sp³-hybridized carbons (Fsp3) is 0. The number of aromatic nitrogens is 3. The molecule has 3 nitrogen and oxygen atoms in total. The summed E-state index contributed by atoms with van der Waals surface area (Å²) in [6, 6.07) is 110. The summed E-state index contributed by atoms with van der Waals surface area (Å²) in [5.74, 6) is 0. The average Bonchev–Trinajstić information content (AvgIpc) is 1.58. The van der Waals surface area contributed by atoms with Crippen molar-refractivity contribution in [3.8, 4) is 39.3 Å². The highest BCUT2D eigenvalue weighted by Crippen LogP contribution is 2.43. The lowest BCUT2D eigenvalue weighted by molar-refractivity contribution is 1.10. The maximum atomic E-state index is 2.68. The van der Waals surface area contributed by atoms with Crippen LogP contribution in [-0.2, 0) is 0 Å². The van der Waals surface area contributed by atoms with Crippen LogP contribution in [0.5, 0.6) is 0 Å². The molecular formula is C78H48BN3. The standard InChI is InChI=1S/C78H48BN3/c1-3-23-49(24-4-1)51-43-66-60-33-13-9-29-56(60)54-27-7-11-31-58(54)62-35-15-21-41-72(62)81-74-47-53(80-70-39-19-17-37-64(70)65-38-18-20-40-71(65)80)48-75-76(74)79(68(45-51)77(66)81)69-46-52(50-25-5-2-6-26-50)44-67-61-34-14-10-30-57(61)55-28-8-12-32-59(55)63-36-16-22-42-73(63)82(75)78(67)69/h1-48H. The molecule has 16 aromatic rings. The van der Waals surface area contributed by atoms with Gasteiger partial charge in [0, 0.05) is 54.7 Å². The van der Waals surface area contributed by atoms with Gasteiger partial charge < -0.3 is 13.7 Å². The van der Waals surface area contributed by atoms with Crippen LogP contribution in [-0.4, -0.2) is 20.4 Å². The molecule has 0 atom stereocenters. The van der Waals surface area contributed by atoms with E-state index in [0.717, 1.165) is 28.1 Å². The minimum absolute atomic E-state index is 0.232. The van der Waals surface area contributed by atoms with E-state index >= 15 is 0 Å². The summed E-state index contributed by atoms with van der Waals surface area (Å²) in [5, 5.41) is 16.9. The Bertz CT molecular complexity index is 5250. The predicted octanol–water partition coefficient (Wildman–Crippen LogP) is 18.3. The largest absolute Gasteiger partial charge is 0.310 e. The van der Waals surface area contributed by atoms with Crippen LogP contribution in [0.25, 0.3) is 148 Å². The van der Waals surface area contributed by atoms with Gasteiger partial charge in [0.25, 0.3) is 6.71 Å². The summed E-state index contributed by atoms with van der Waals surface area (Å²) in [4.78, 5) is 0. The Kier molecular flexibility index (Phi) is 9.60. The van der Waals surface area contributed by atoms with Gasteiger partial charge in [0.05, 0.1) is 27.8 Å². The van der Waals surface area contributed by atoms with Crippen molar-refractivity contribution in [2.45, 2.75) is 0 Å². The van der Waals surface area contributed by atoms with Gasteiger partial charge in [0.2, 0.25) is 0 Å². The highest BCUT2D eigenvalue weighted by Gasteiger charge is 2.41. The van der Waals surface area contributed by atoms with Crippen molar-refractivity contribution < 1.29 is 0 Å². The van der Waals surface area contributed by atoms with Crippen LogP contribution >= 0.6 is 0 Å². The van der Waals surface area contributed by atoms with Gasteiger partial charge in [-0.15, -0.1) is 0 Å². The number of fused-ring (bicyclic) bond motifs is 21. The van der Waals surface area contributed by atoms with E-state index in [4.69, 9.17) is 0 Å². The van der Waals surface area contributed by atoms with Crippen LogP contribution in [0.2, 0.25) is 0 Å². The molecule has 2 aliphatic rings. The summed E-state index contributed by atoms with van der Waals surface area (Å²) in [6.07, 6.45) is 0. The quantitative estimate of drug-likeness (QED) is 0.157. The van der Waals surface area contributed by atoms with Gasteiger partial charge in [0.1, 0.15) is 0 Å². The van der Waals surface area contributed by atoms with Crippen molar-refractivity contribution in [3.63, 3.8) is 0 Å². The molecule has 0 saturated heterocycles. The first-order valence-corrected chi connectivity index (χ1v) is 28.5. The van der Waals surface area contributed by atoms with Gasteiger partial charge in [-0.3, -0.25) is 0 Å². The summed E-state index contributed by atoms with van der Waals surface area (Å²) in [6.45, 7) is -0.232. The number of hydrogen-bond donors (Lipinski definition) is 0. The molecule has 5 heterocycles. The molecule has 0 spiro atoms. The molecule has 0 fully saturated rings.